The molecule has 0 aromatic rings. The number of hydrogen-bond acceptors (Lipinski definition) is 35. The number of amides is 3. The first kappa shape index (κ1) is 101. The molecule has 6 saturated heterocycles. The highest BCUT2D eigenvalue weighted by Crippen LogP contribution is 2.41. The number of hydrogen-bond donors (Lipinski definition) is 23. The third-order valence-corrected chi connectivity index (χ3v) is 22.2. The molecule has 6 fully saturated rings. The van der Waals surface area contributed by atoms with E-state index in [1.54, 1.807) is 6.08 Å². The van der Waals surface area contributed by atoms with E-state index in [9.17, 15) is 121 Å². The van der Waals surface area contributed by atoms with Crippen LogP contribution in [0.15, 0.2) is 12.2 Å². The highest BCUT2D eigenvalue weighted by atomic mass is 16.8. The van der Waals surface area contributed by atoms with Gasteiger partial charge in [0.15, 0.2) is 31.5 Å². The molecular formula is C77H137N3O36. The van der Waals surface area contributed by atoms with Gasteiger partial charge in [-0.3, -0.25) is 14.4 Å². The maximum atomic E-state index is 13.5. The Balaban J connectivity index is 1.12. The van der Waals surface area contributed by atoms with Crippen molar-refractivity contribution < 1.29 is 178 Å². The van der Waals surface area contributed by atoms with Crippen molar-refractivity contribution in [3.8, 4) is 0 Å². The number of nitrogens with one attached hydrogen (secondary N) is 3. The number of allylic oxidation sites excluding steroid dienone is 1. The predicted octanol–water partition coefficient (Wildman–Crippen LogP) is -4.00. The molecule has 6 aliphatic heterocycles. The van der Waals surface area contributed by atoms with E-state index >= 15 is 0 Å². The van der Waals surface area contributed by atoms with Gasteiger partial charge in [-0.1, -0.05) is 167 Å². The van der Waals surface area contributed by atoms with Gasteiger partial charge in [0.1, 0.15) is 140 Å². The van der Waals surface area contributed by atoms with Gasteiger partial charge in [-0.15, -0.1) is 0 Å². The number of ether oxygens (including phenoxy) is 12. The molecular weight excluding hydrogens is 1540 g/mol. The summed E-state index contributed by atoms with van der Waals surface area (Å²) in [7, 11) is 0. The molecule has 0 aliphatic carbocycles. The standard InChI is InChI=1S/C77H137N3O36/c1-5-7-9-11-13-15-17-19-21-23-25-27-29-31-44(89)43(80-52(92)32-30-28-26-24-22-20-18-16-14-12-10-8-6-2)40-105-72-61(99)59(97)65(50(38-85)109-72)111-73-62(100)60(98)66(51(39-86)110-73)112-74-63(101)69(57(95)48(36-83)107-74)114-71-54(79-42(4)88)67(56(94)47(35-82)106-71)113-75-64(102)70(58(96)49(37-84)108-75)116-77(76(103)104)33-45(90)53(78-41(3)87)68(115-77)55(93)46(91)34-81/h29,31,43-51,53-75,81-86,89-91,93-102H,5-28,30,32-40H2,1-4H3,(H,78,87)(H,79,88)(H,80,92)(H,103,104)/b31-29+/t43-,44+,45?,46+,47?,48?,49?,50?,51?,53+,54?,55+,56-,57-,58-,59+,60+,61?,62?,63?,64?,65+,66-,67+,68?,69-,70-,71-,72+,73-,74-,75-,77-/m0/s1. The summed E-state index contributed by atoms with van der Waals surface area (Å²) in [6.07, 6.45) is -29.0. The number of carbonyl (C=O) groups is 4. The SMILES string of the molecule is CCCCCCCCCCCCC/C=C/[C@@H](O)[C@H](CO[C@@H]1OC(CO)[C@@H](O[C@@H]2OC(CO)[C@H](O[C@@H]3OC(CO)[C@H](O)[C@H](O[C@@H]4OC(CO)[C@H](O)[C@H](O[C@@H]5OC(CO)[C@H](O)[C@H](O[C@]6(C(=O)O)CC(O)[C@@H](NC(C)=O)C([C@H](O)[C@H](O)CO)O6)C5O)C4NC(C)=O)C3O)[C@H](O)C2O)[C@H](O)C1O)NC(=O)CCCCCCCCCCCCCCC. The summed E-state index contributed by atoms with van der Waals surface area (Å²) in [6.45, 7) is -0.697. The van der Waals surface area contributed by atoms with Gasteiger partial charge >= 0.3 is 5.97 Å². The molecule has 23 N–H and O–H groups in total. The van der Waals surface area contributed by atoms with Crippen LogP contribution in [0.2, 0.25) is 0 Å². The van der Waals surface area contributed by atoms with Crippen molar-refractivity contribution in [3.63, 3.8) is 0 Å². The van der Waals surface area contributed by atoms with E-state index in [2.05, 4.69) is 29.8 Å². The Bertz CT molecular complexity index is 2800. The third-order valence-electron chi connectivity index (χ3n) is 22.2. The fourth-order valence-corrected chi connectivity index (χ4v) is 15.4. The molecule has 0 bridgehead atoms. The maximum absolute atomic E-state index is 13.5. The number of unbranched alkanes of at least 4 members (excludes halogenated alkanes) is 23. The summed E-state index contributed by atoms with van der Waals surface area (Å²) in [4.78, 5) is 52.0. The lowest BCUT2D eigenvalue weighted by Crippen LogP contribution is -2.71. The van der Waals surface area contributed by atoms with Crippen molar-refractivity contribution in [1.29, 1.82) is 0 Å². The molecule has 6 heterocycles. The highest BCUT2D eigenvalue weighted by Gasteiger charge is 2.62. The Morgan fingerprint density at radius 2 is 0.836 bits per heavy atom. The molecule has 116 heavy (non-hydrogen) atoms. The molecule has 676 valence electrons. The fourth-order valence-electron chi connectivity index (χ4n) is 15.4. The van der Waals surface area contributed by atoms with Gasteiger partial charge in [-0.2, -0.15) is 0 Å². The van der Waals surface area contributed by atoms with E-state index in [-0.39, 0.29) is 12.3 Å². The third kappa shape index (κ3) is 29.3. The molecule has 12 unspecified atom stereocenters. The second-order valence-electron chi connectivity index (χ2n) is 31.4. The van der Waals surface area contributed by atoms with E-state index in [0.717, 1.165) is 65.2 Å². The van der Waals surface area contributed by atoms with Crippen LogP contribution in [0.4, 0.5) is 0 Å². The van der Waals surface area contributed by atoms with E-state index in [0.29, 0.717) is 12.8 Å². The second-order valence-corrected chi connectivity index (χ2v) is 31.4. The number of carbonyl (C=O) groups excluding carboxylic acids is 3. The number of carboxylic acids is 1. The number of rotatable bonds is 53. The summed E-state index contributed by atoms with van der Waals surface area (Å²) in [6, 6.07) is -4.72. The summed E-state index contributed by atoms with van der Waals surface area (Å²) in [5.41, 5.74) is 0. The fraction of sp³-hybridized carbons (Fsp3) is 0.922. The molecule has 0 spiro atoms. The minimum Gasteiger partial charge on any atom is -0.477 e. The van der Waals surface area contributed by atoms with Crippen molar-refractivity contribution in [2.45, 2.75) is 403 Å². The minimum atomic E-state index is -3.25. The largest absolute Gasteiger partial charge is 0.477 e. The average molecular weight is 1680 g/mol. The Hall–Kier alpha value is -3.62. The number of aliphatic carboxylic acids is 1. The van der Waals surface area contributed by atoms with Crippen LogP contribution in [-0.4, -0.2) is 374 Å². The molecule has 39 nitrogen and oxygen atoms in total. The van der Waals surface area contributed by atoms with Gasteiger partial charge in [-0.05, 0) is 19.3 Å². The normalized spacial score (nSPS) is 36.9. The van der Waals surface area contributed by atoms with E-state index < -0.39 is 272 Å². The predicted molar refractivity (Wildman–Crippen MR) is 402 cm³/mol. The zero-order valence-electron chi connectivity index (χ0n) is 67.1. The first-order chi connectivity index (χ1) is 55.5. The number of aliphatic hydroxyl groups excluding tert-OH is 19. The molecule has 3 amide bonds. The van der Waals surface area contributed by atoms with Gasteiger partial charge < -0.3 is 175 Å². The lowest BCUT2D eigenvalue weighted by Gasteiger charge is -2.51. The molecule has 39 heteroatoms. The topological polar surface area (TPSA) is 620 Å². The Morgan fingerprint density at radius 3 is 1.30 bits per heavy atom. The summed E-state index contributed by atoms with van der Waals surface area (Å²) >= 11 is 0. The number of aliphatic hydroxyl groups is 19. The summed E-state index contributed by atoms with van der Waals surface area (Å²) < 4.78 is 70.5. The van der Waals surface area contributed by atoms with Gasteiger partial charge in [0.2, 0.25) is 17.7 Å². The summed E-state index contributed by atoms with van der Waals surface area (Å²) in [5.74, 6) is -7.50. The van der Waals surface area contributed by atoms with Crippen molar-refractivity contribution in [2.75, 3.05) is 46.2 Å². The van der Waals surface area contributed by atoms with Gasteiger partial charge in [-0.25, -0.2) is 4.79 Å². The van der Waals surface area contributed by atoms with Crippen molar-refractivity contribution in [3.05, 3.63) is 12.2 Å². The van der Waals surface area contributed by atoms with Crippen LogP contribution in [0.25, 0.3) is 0 Å². The maximum Gasteiger partial charge on any atom is 0.364 e. The molecule has 6 rings (SSSR count). The van der Waals surface area contributed by atoms with E-state index in [1.807, 2.05) is 6.08 Å². The zero-order chi connectivity index (χ0) is 85.3. The van der Waals surface area contributed by atoms with Crippen LogP contribution < -0.4 is 16.0 Å². The van der Waals surface area contributed by atoms with Crippen LogP contribution in [-0.2, 0) is 76.0 Å². The smallest absolute Gasteiger partial charge is 0.364 e. The summed E-state index contributed by atoms with van der Waals surface area (Å²) in [5, 5.41) is 231. The van der Waals surface area contributed by atoms with E-state index in [1.165, 1.54) is 96.3 Å². The highest BCUT2D eigenvalue weighted by molar-refractivity contribution is 5.77. The van der Waals surface area contributed by atoms with Crippen LogP contribution >= 0.6 is 0 Å². The van der Waals surface area contributed by atoms with Crippen molar-refractivity contribution >= 4 is 23.7 Å². The van der Waals surface area contributed by atoms with Crippen LogP contribution in [0.3, 0.4) is 0 Å². The van der Waals surface area contributed by atoms with Gasteiger partial charge in [0, 0.05) is 26.7 Å². The average Bonchev–Trinajstić information content (AvgIpc) is 0.758. The monoisotopic (exact) mass is 1680 g/mol. The van der Waals surface area contributed by atoms with Crippen molar-refractivity contribution in [2.24, 2.45) is 0 Å². The Labute approximate surface area is 676 Å². The first-order valence-electron chi connectivity index (χ1n) is 41.6. The second kappa shape index (κ2) is 52.1. The molecule has 33 atom stereocenters. The number of carboxylic acid groups (broad SMARTS) is 1. The Kier molecular flexibility index (Phi) is 45.5. The van der Waals surface area contributed by atoms with Crippen molar-refractivity contribution in [1.82, 2.24) is 16.0 Å². The van der Waals surface area contributed by atoms with E-state index in [4.69, 9.17) is 56.8 Å². The molecule has 0 aromatic carbocycles. The minimum absolute atomic E-state index is 0.167. The lowest BCUT2D eigenvalue weighted by molar-refractivity contribution is -0.392. The van der Waals surface area contributed by atoms with Gasteiger partial charge in [0.25, 0.3) is 5.79 Å². The van der Waals surface area contributed by atoms with Gasteiger partial charge in [0.05, 0.1) is 70.5 Å². The van der Waals surface area contributed by atoms with Crippen LogP contribution in [0, 0.1) is 0 Å². The quantitative estimate of drug-likeness (QED) is 0.0204. The molecule has 0 saturated carbocycles. The molecule has 0 aromatic heterocycles. The molecule has 6 aliphatic rings. The van der Waals surface area contributed by atoms with Crippen LogP contribution in [0.5, 0.6) is 0 Å². The lowest BCUT2D eigenvalue weighted by atomic mass is 9.88. The Morgan fingerprint density at radius 1 is 0.448 bits per heavy atom. The molecule has 0 radical (unpaired) electrons. The first-order valence-corrected chi connectivity index (χ1v) is 41.6. The van der Waals surface area contributed by atoms with Crippen LogP contribution in [0.1, 0.15) is 201 Å². The zero-order valence-corrected chi connectivity index (χ0v) is 67.1.